The molecule has 2 aromatic rings. The van der Waals surface area contributed by atoms with Gasteiger partial charge in [0.05, 0.1) is 5.56 Å². The molecule has 0 spiro atoms. The Labute approximate surface area is 135 Å². The van der Waals surface area contributed by atoms with Crippen LogP contribution < -0.4 is 11.1 Å². The van der Waals surface area contributed by atoms with Gasteiger partial charge in [-0.15, -0.1) is 0 Å². The molecule has 0 unspecified atom stereocenters. The molecule has 0 saturated carbocycles. The van der Waals surface area contributed by atoms with E-state index in [4.69, 9.17) is 5.73 Å². The van der Waals surface area contributed by atoms with Crippen LogP contribution in [-0.4, -0.2) is 11.8 Å². The van der Waals surface area contributed by atoms with E-state index < -0.39 is 23.6 Å². The van der Waals surface area contributed by atoms with Crippen LogP contribution in [0.15, 0.2) is 54.6 Å². The zero-order chi connectivity index (χ0) is 17.7. The highest BCUT2D eigenvalue weighted by molar-refractivity contribution is 6.02. The van der Waals surface area contributed by atoms with Crippen molar-refractivity contribution < 1.29 is 22.8 Å². The predicted octanol–water partition coefficient (Wildman–Crippen LogP) is 3.46. The summed E-state index contributed by atoms with van der Waals surface area (Å²) in [6, 6.07) is 10.5. The summed E-state index contributed by atoms with van der Waals surface area (Å²) in [5.41, 5.74) is 5.30. The summed E-state index contributed by atoms with van der Waals surface area (Å²) in [5.74, 6) is -1.10. The fourth-order valence-electron chi connectivity index (χ4n) is 1.89. The van der Waals surface area contributed by atoms with Crippen LogP contribution in [-0.2, 0) is 11.0 Å². The molecule has 0 fully saturated rings. The number of carbonyl (C=O) groups is 2. The molecule has 0 radical (unpaired) electrons. The van der Waals surface area contributed by atoms with Gasteiger partial charge in [-0.05, 0) is 48.0 Å². The molecule has 24 heavy (non-hydrogen) atoms. The van der Waals surface area contributed by atoms with Gasteiger partial charge in [-0.3, -0.25) is 9.59 Å². The zero-order valence-corrected chi connectivity index (χ0v) is 12.3. The smallest absolute Gasteiger partial charge is 0.366 e. The van der Waals surface area contributed by atoms with Crippen molar-refractivity contribution in [1.29, 1.82) is 0 Å². The topological polar surface area (TPSA) is 72.2 Å². The summed E-state index contributed by atoms with van der Waals surface area (Å²) in [5, 5.41) is 2.52. The van der Waals surface area contributed by atoms with E-state index in [-0.39, 0.29) is 5.56 Å². The minimum absolute atomic E-state index is 0.254. The summed E-state index contributed by atoms with van der Waals surface area (Å²) in [4.78, 5) is 22.7. The highest BCUT2D eigenvalue weighted by Gasteiger charge is 2.30. The van der Waals surface area contributed by atoms with Crippen LogP contribution in [0.3, 0.4) is 0 Å². The van der Waals surface area contributed by atoms with Crippen molar-refractivity contribution in [1.82, 2.24) is 0 Å². The number of primary amides is 1. The molecule has 2 aromatic carbocycles. The number of nitrogens with one attached hydrogen (secondary N) is 1. The number of hydrogen-bond acceptors (Lipinski definition) is 2. The van der Waals surface area contributed by atoms with Gasteiger partial charge in [0, 0.05) is 17.3 Å². The fourth-order valence-corrected chi connectivity index (χ4v) is 1.89. The molecule has 124 valence electrons. The number of carbonyl (C=O) groups excluding carboxylic acids is 2. The van der Waals surface area contributed by atoms with E-state index in [1.165, 1.54) is 42.5 Å². The predicted molar refractivity (Wildman–Crippen MR) is 84.1 cm³/mol. The average molecular weight is 334 g/mol. The third-order valence-electron chi connectivity index (χ3n) is 3.08. The van der Waals surface area contributed by atoms with E-state index in [9.17, 15) is 22.8 Å². The van der Waals surface area contributed by atoms with Gasteiger partial charge in [0.25, 0.3) is 0 Å². The Kier molecular flexibility index (Phi) is 5.03. The molecule has 0 aliphatic carbocycles. The quantitative estimate of drug-likeness (QED) is 0.841. The molecule has 0 saturated heterocycles. The third kappa shape index (κ3) is 4.70. The molecule has 2 amide bonds. The molecular formula is C17H13F3N2O2. The molecule has 4 nitrogen and oxygen atoms in total. The van der Waals surface area contributed by atoms with E-state index in [1.54, 1.807) is 0 Å². The first-order chi connectivity index (χ1) is 11.3. The second kappa shape index (κ2) is 6.99. The first-order valence-corrected chi connectivity index (χ1v) is 6.82. The first-order valence-electron chi connectivity index (χ1n) is 6.82. The highest BCUT2D eigenvalue weighted by atomic mass is 19.4. The van der Waals surface area contributed by atoms with Crippen molar-refractivity contribution in [3.8, 4) is 0 Å². The van der Waals surface area contributed by atoms with Crippen molar-refractivity contribution >= 4 is 23.6 Å². The van der Waals surface area contributed by atoms with Gasteiger partial charge >= 0.3 is 6.18 Å². The van der Waals surface area contributed by atoms with Crippen LogP contribution in [0.5, 0.6) is 0 Å². The molecule has 0 bridgehead atoms. The molecule has 0 heterocycles. The summed E-state index contributed by atoms with van der Waals surface area (Å²) in [6.45, 7) is 0. The number of halogens is 3. The molecular weight excluding hydrogens is 321 g/mol. The Morgan fingerprint density at radius 2 is 1.71 bits per heavy atom. The Morgan fingerprint density at radius 3 is 2.29 bits per heavy atom. The number of amides is 2. The molecule has 0 atom stereocenters. The van der Waals surface area contributed by atoms with Crippen LogP contribution in [0, 0.1) is 0 Å². The summed E-state index contributed by atoms with van der Waals surface area (Å²) >= 11 is 0. The van der Waals surface area contributed by atoms with Crippen molar-refractivity contribution in [2.24, 2.45) is 5.73 Å². The van der Waals surface area contributed by atoms with E-state index >= 15 is 0 Å². The van der Waals surface area contributed by atoms with E-state index in [0.29, 0.717) is 11.3 Å². The van der Waals surface area contributed by atoms with Crippen LogP contribution >= 0.6 is 0 Å². The van der Waals surface area contributed by atoms with Gasteiger partial charge in [0.1, 0.15) is 0 Å². The van der Waals surface area contributed by atoms with Gasteiger partial charge < -0.3 is 11.1 Å². The fraction of sp³-hybridized carbons (Fsp3) is 0.0588. The number of nitrogens with two attached hydrogens (primary N) is 1. The normalized spacial score (nSPS) is 11.5. The summed E-state index contributed by atoms with van der Waals surface area (Å²) < 4.78 is 37.8. The van der Waals surface area contributed by atoms with Crippen molar-refractivity contribution in [2.45, 2.75) is 6.18 Å². The molecule has 7 heteroatoms. The lowest BCUT2D eigenvalue weighted by Gasteiger charge is -2.06. The van der Waals surface area contributed by atoms with Gasteiger partial charge in [0.15, 0.2) is 0 Å². The van der Waals surface area contributed by atoms with Gasteiger partial charge in [0.2, 0.25) is 11.8 Å². The van der Waals surface area contributed by atoms with Gasteiger partial charge in [-0.1, -0.05) is 12.1 Å². The lowest BCUT2D eigenvalue weighted by Crippen LogP contribution is -2.11. The minimum atomic E-state index is -4.44. The van der Waals surface area contributed by atoms with Crippen LogP contribution in [0.2, 0.25) is 0 Å². The Balaban J connectivity index is 2.04. The van der Waals surface area contributed by atoms with Crippen LogP contribution in [0.1, 0.15) is 21.5 Å². The Bertz CT molecular complexity index is 781. The number of rotatable bonds is 4. The standard InChI is InChI=1S/C17H13F3N2O2/c18-17(19,20)13-3-1-2-11(10-13)4-9-15(23)22-14-7-5-12(6-8-14)16(21)24/h1-10H,(H2,21,24)(H,22,23). The van der Waals surface area contributed by atoms with E-state index in [1.807, 2.05) is 0 Å². The maximum absolute atomic E-state index is 12.6. The van der Waals surface area contributed by atoms with Crippen molar-refractivity contribution in [3.05, 3.63) is 71.3 Å². The summed E-state index contributed by atoms with van der Waals surface area (Å²) in [7, 11) is 0. The molecule has 0 aliphatic rings. The van der Waals surface area contributed by atoms with E-state index in [0.717, 1.165) is 18.2 Å². The maximum atomic E-state index is 12.6. The SMILES string of the molecule is NC(=O)c1ccc(NC(=O)C=Cc2cccc(C(F)(F)F)c2)cc1. The largest absolute Gasteiger partial charge is 0.416 e. The van der Waals surface area contributed by atoms with E-state index in [2.05, 4.69) is 5.32 Å². The van der Waals surface area contributed by atoms with Crippen LogP contribution in [0.25, 0.3) is 6.08 Å². The summed E-state index contributed by atoms with van der Waals surface area (Å²) in [6.07, 6.45) is -2.03. The molecule has 0 aliphatic heterocycles. The number of alkyl halides is 3. The third-order valence-corrected chi connectivity index (χ3v) is 3.08. The number of benzene rings is 2. The maximum Gasteiger partial charge on any atom is 0.416 e. The van der Waals surface area contributed by atoms with Crippen LogP contribution in [0.4, 0.5) is 18.9 Å². The van der Waals surface area contributed by atoms with Gasteiger partial charge in [-0.25, -0.2) is 0 Å². The molecule has 0 aromatic heterocycles. The lowest BCUT2D eigenvalue weighted by atomic mass is 10.1. The molecule has 3 N–H and O–H groups in total. The minimum Gasteiger partial charge on any atom is -0.366 e. The Morgan fingerprint density at radius 1 is 1.04 bits per heavy atom. The first kappa shape index (κ1) is 17.3. The zero-order valence-electron chi connectivity index (χ0n) is 12.3. The monoisotopic (exact) mass is 334 g/mol. The highest BCUT2D eigenvalue weighted by Crippen LogP contribution is 2.29. The lowest BCUT2D eigenvalue weighted by molar-refractivity contribution is -0.137. The van der Waals surface area contributed by atoms with Gasteiger partial charge in [-0.2, -0.15) is 13.2 Å². The van der Waals surface area contributed by atoms with Crippen molar-refractivity contribution in [3.63, 3.8) is 0 Å². The molecule has 2 rings (SSSR count). The number of hydrogen-bond donors (Lipinski definition) is 2. The second-order valence-corrected chi connectivity index (χ2v) is 4.89. The van der Waals surface area contributed by atoms with Crippen molar-refractivity contribution in [2.75, 3.05) is 5.32 Å². The number of anilines is 1. The second-order valence-electron chi connectivity index (χ2n) is 4.89. The Hall–Kier alpha value is -3.09. The average Bonchev–Trinajstić information content (AvgIpc) is 2.53.